The van der Waals surface area contributed by atoms with Crippen LogP contribution in [0.25, 0.3) is 39.0 Å². The molecule has 0 saturated heterocycles. The predicted molar refractivity (Wildman–Crippen MR) is 223 cm³/mol. The van der Waals surface area contributed by atoms with E-state index in [0.29, 0.717) is 0 Å². The molecule has 7 aromatic carbocycles. The molecule has 1 nitrogen and oxygen atoms in total. The predicted octanol–water partition coefficient (Wildman–Crippen LogP) is 13.6. The molecule has 0 bridgehead atoms. The molecule has 0 heterocycles. The molecule has 0 amide bonds. The van der Waals surface area contributed by atoms with E-state index >= 15 is 0 Å². The molecule has 0 aliphatic heterocycles. The van der Waals surface area contributed by atoms with Crippen molar-refractivity contribution in [3.8, 4) is 33.4 Å². The number of hydrogen-bond acceptors (Lipinski definition) is 1. The van der Waals surface area contributed by atoms with Crippen LogP contribution in [0.1, 0.15) is 52.8 Å². The Kier molecular flexibility index (Phi) is 6.81. The highest BCUT2D eigenvalue weighted by molar-refractivity contribution is 6.01. The van der Waals surface area contributed by atoms with Gasteiger partial charge in [-0.05, 0) is 103 Å². The molecule has 7 aromatic rings. The van der Waals surface area contributed by atoms with E-state index in [2.05, 4.69) is 190 Å². The highest BCUT2D eigenvalue weighted by Crippen LogP contribution is 2.64. The molecule has 3 aliphatic carbocycles. The molecule has 53 heavy (non-hydrogen) atoms. The van der Waals surface area contributed by atoms with Crippen LogP contribution in [0.15, 0.2) is 189 Å². The Morgan fingerprint density at radius 3 is 1.62 bits per heavy atom. The zero-order chi connectivity index (χ0) is 35.9. The van der Waals surface area contributed by atoms with E-state index < -0.39 is 5.41 Å². The summed E-state index contributed by atoms with van der Waals surface area (Å²) in [4.78, 5) is 2.48. The lowest BCUT2D eigenvalue weighted by atomic mass is 9.70. The van der Waals surface area contributed by atoms with Crippen molar-refractivity contribution in [1.82, 2.24) is 0 Å². The third-order valence-corrected chi connectivity index (χ3v) is 12.0. The first kappa shape index (κ1) is 31.3. The van der Waals surface area contributed by atoms with Crippen LogP contribution in [0.2, 0.25) is 0 Å². The van der Waals surface area contributed by atoms with E-state index in [0.717, 1.165) is 22.5 Å². The minimum absolute atomic E-state index is 0.127. The van der Waals surface area contributed by atoms with Crippen LogP contribution < -0.4 is 4.90 Å². The number of allylic oxidation sites excluding steroid dienone is 4. The maximum absolute atomic E-state index is 4.07. The summed E-state index contributed by atoms with van der Waals surface area (Å²) in [6.45, 7) is 12.7. The molecule has 10 rings (SSSR count). The van der Waals surface area contributed by atoms with Crippen molar-refractivity contribution in [2.75, 3.05) is 4.90 Å². The van der Waals surface area contributed by atoms with Crippen molar-refractivity contribution in [3.05, 3.63) is 228 Å². The third-order valence-electron chi connectivity index (χ3n) is 12.0. The molecule has 3 aliphatic rings. The topological polar surface area (TPSA) is 3.24 Å². The highest BCUT2D eigenvalue weighted by atomic mass is 15.1. The Morgan fingerprint density at radius 1 is 0.491 bits per heavy atom. The fraction of sp³-hybridized carbons (Fsp3) is 0.0769. The first-order valence-corrected chi connectivity index (χ1v) is 18.5. The van der Waals surface area contributed by atoms with Crippen LogP contribution in [0.4, 0.5) is 17.1 Å². The van der Waals surface area contributed by atoms with Gasteiger partial charge in [-0.1, -0.05) is 173 Å². The Labute approximate surface area is 312 Å². The van der Waals surface area contributed by atoms with Crippen molar-refractivity contribution in [1.29, 1.82) is 0 Å². The quantitative estimate of drug-likeness (QED) is 0.158. The van der Waals surface area contributed by atoms with Crippen molar-refractivity contribution in [2.45, 2.75) is 24.7 Å². The number of rotatable bonds is 6. The largest absolute Gasteiger partial charge is 0.310 e. The van der Waals surface area contributed by atoms with E-state index in [1.54, 1.807) is 0 Å². The summed E-state index contributed by atoms with van der Waals surface area (Å²) in [5.74, 6) is 0. The van der Waals surface area contributed by atoms with E-state index in [9.17, 15) is 0 Å². The van der Waals surface area contributed by atoms with Gasteiger partial charge in [0.2, 0.25) is 0 Å². The average Bonchev–Trinajstić information content (AvgIpc) is 3.77. The molecule has 252 valence electrons. The molecule has 0 atom stereocenters. The first-order valence-electron chi connectivity index (χ1n) is 18.5. The van der Waals surface area contributed by atoms with E-state index in [1.165, 1.54) is 72.4 Å². The zero-order valence-corrected chi connectivity index (χ0v) is 30.1. The fourth-order valence-electron chi connectivity index (χ4n) is 9.78. The summed E-state index contributed by atoms with van der Waals surface area (Å²) in [6, 6.07) is 59.0. The summed E-state index contributed by atoms with van der Waals surface area (Å²) in [7, 11) is 0. The monoisotopic (exact) mass is 677 g/mol. The molecular formula is C52H39N. The lowest BCUT2D eigenvalue weighted by molar-refractivity contribution is 0.660. The molecule has 0 radical (unpaired) electrons. The number of fused-ring (bicyclic) bond motifs is 13. The van der Waals surface area contributed by atoms with Gasteiger partial charge < -0.3 is 4.90 Å². The average molecular weight is 678 g/mol. The Morgan fingerprint density at radius 2 is 1.00 bits per heavy atom. The summed E-state index contributed by atoms with van der Waals surface area (Å²) in [5.41, 5.74) is 20.9. The lowest BCUT2D eigenvalue weighted by Crippen LogP contribution is -2.26. The van der Waals surface area contributed by atoms with E-state index in [1.807, 2.05) is 18.2 Å². The molecule has 0 fully saturated rings. The highest BCUT2D eigenvalue weighted by Gasteiger charge is 2.52. The van der Waals surface area contributed by atoms with Crippen LogP contribution in [0, 0.1) is 0 Å². The number of nitrogens with zero attached hydrogens (tertiary/aromatic N) is 1. The van der Waals surface area contributed by atoms with Gasteiger partial charge in [-0.15, -0.1) is 0 Å². The van der Waals surface area contributed by atoms with Gasteiger partial charge in [0.25, 0.3) is 0 Å². The summed E-state index contributed by atoms with van der Waals surface area (Å²) in [5, 5.41) is 0. The summed E-state index contributed by atoms with van der Waals surface area (Å²) >= 11 is 0. The molecule has 0 N–H and O–H groups in total. The van der Waals surface area contributed by atoms with E-state index in [-0.39, 0.29) is 5.41 Å². The summed E-state index contributed by atoms with van der Waals surface area (Å²) < 4.78 is 0. The zero-order valence-electron chi connectivity index (χ0n) is 30.1. The molecular weight excluding hydrogens is 639 g/mol. The smallest absolute Gasteiger partial charge is 0.0726 e. The van der Waals surface area contributed by atoms with Crippen LogP contribution in [0.3, 0.4) is 0 Å². The normalized spacial score (nSPS) is 14.8. The second-order valence-electron chi connectivity index (χ2n) is 14.9. The van der Waals surface area contributed by atoms with Gasteiger partial charge in [0, 0.05) is 22.4 Å². The van der Waals surface area contributed by atoms with Gasteiger partial charge in [-0.3, -0.25) is 0 Å². The Balaban J connectivity index is 1.25. The van der Waals surface area contributed by atoms with Gasteiger partial charge >= 0.3 is 0 Å². The van der Waals surface area contributed by atoms with Crippen molar-refractivity contribution >= 4 is 22.6 Å². The minimum Gasteiger partial charge on any atom is -0.310 e. The SMILES string of the molecule is C=C/C=C(\C=C)c1ccc(N(c2ccc3c(c2)C(C)(C)c2ccccc2-3)c2cccc3c2-c2ccccc2C32c3ccccc3-c3ccccc32)cc1. The standard InChI is InChI=1S/C52H39N/c1-5-16-34(6-2)35-27-29-36(30-28-35)53(37-31-32-41-38-17-7-11-21-43(38)51(3,4)48(41)33-37)49-26-15-25-47-50(49)42-20-10-14-24-46(42)52(47)44-22-12-8-18-39(44)40-19-9-13-23-45(40)52/h5-33H,1-2H2,3-4H3/b34-16+. The minimum atomic E-state index is -0.416. The fourth-order valence-corrected chi connectivity index (χ4v) is 9.78. The van der Waals surface area contributed by atoms with Gasteiger partial charge in [0.1, 0.15) is 0 Å². The Hall–Kier alpha value is -6.44. The maximum atomic E-state index is 4.07. The first-order chi connectivity index (χ1) is 26.0. The van der Waals surface area contributed by atoms with Crippen LogP contribution >= 0.6 is 0 Å². The van der Waals surface area contributed by atoms with E-state index in [4.69, 9.17) is 0 Å². The van der Waals surface area contributed by atoms with Crippen LogP contribution in [-0.2, 0) is 10.8 Å². The van der Waals surface area contributed by atoms with Crippen molar-refractivity contribution in [2.24, 2.45) is 0 Å². The number of hydrogen-bond donors (Lipinski definition) is 0. The van der Waals surface area contributed by atoms with Gasteiger partial charge in [0.15, 0.2) is 0 Å². The molecule has 0 saturated carbocycles. The van der Waals surface area contributed by atoms with Crippen molar-refractivity contribution in [3.63, 3.8) is 0 Å². The molecule has 0 aromatic heterocycles. The third kappa shape index (κ3) is 4.19. The Bertz CT molecular complexity index is 2640. The molecule has 0 unspecified atom stereocenters. The maximum Gasteiger partial charge on any atom is 0.0726 e. The van der Waals surface area contributed by atoms with Gasteiger partial charge in [-0.25, -0.2) is 0 Å². The second kappa shape index (κ2) is 11.5. The van der Waals surface area contributed by atoms with Crippen LogP contribution in [-0.4, -0.2) is 0 Å². The number of benzene rings is 7. The van der Waals surface area contributed by atoms with Gasteiger partial charge in [-0.2, -0.15) is 0 Å². The molecule has 1 spiro atoms. The van der Waals surface area contributed by atoms with Crippen molar-refractivity contribution < 1.29 is 0 Å². The lowest BCUT2D eigenvalue weighted by Gasteiger charge is -2.32. The molecule has 1 heteroatoms. The van der Waals surface area contributed by atoms with Crippen LogP contribution in [0.5, 0.6) is 0 Å². The summed E-state index contributed by atoms with van der Waals surface area (Å²) in [6.07, 6.45) is 5.73. The van der Waals surface area contributed by atoms with Gasteiger partial charge in [0.05, 0.1) is 11.1 Å². The second-order valence-corrected chi connectivity index (χ2v) is 14.9. The number of anilines is 3.